The number of aldehydes is 1. The van der Waals surface area contributed by atoms with Crippen LogP contribution in [0.3, 0.4) is 0 Å². The summed E-state index contributed by atoms with van der Waals surface area (Å²) in [5.41, 5.74) is 1.91. The van der Waals surface area contributed by atoms with Crippen LogP contribution in [0.5, 0.6) is 5.06 Å². The van der Waals surface area contributed by atoms with Gasteiger partial charge in [0.2, 0.25) is 0 Å². The van der Waals surface area contributed by atoms with Crippen LogP contribution in [0.25, 0.3) is 0 Å². The van der Waals surface area contributed by atoms with E-state index in [1.54, 1.807) is 19.1 Å². The first kappa shape index (κ1) is 17.9. The maximum absolute atomic E-state index is 11.7. The highest BCUT2D eigenvalue weighted by molar-refractivity contribution is 7.14. The summed E-state index contributed by atoms with van der Waals surface area (Å²) in [5, 5.41) is 1.19. The Kier molecular flexibility index (Phi) is 5.68. The zero-order valence-electron chi connectivity index (χ0n) is 13.8. The predicted molar refractivity (Wildman–Crippen MR) is 99.1 cm³/mol. The summed E-state index contributed by atoms with van der Waals surface area (Å²) in [6, 6.07) is 8.93. The van der Waals surface area contributed by atoms with Gasteiger partial charge < -0.3 is 9.53 Å². The molecular formula is C19H18ClNO3S. The van der Waals surface area contributed by atoms with E-state index in [2.05, 4.69) is 4.90 Å². The van der Waals surface area contributed by atoms with Crippen LogP contribution in [-0.4, -0.2) is 23.7 Å². The quantitative estimate of drug-likeness (QED) is 0.447. The lowest BCUT2D eigenvalue weighted by Crippen LogP contribution is -2.34. The standard InChI is InChI=1S/C19H18ClNO3S/c1-2-5-18(23)24-19-10-13-11-21(9-8-17(13)25-19)16(12-22)14-6-3-4-7-15(14)20/h2-7,10,12,16H,8-9,11H2,1H3/b5-2+. The molecule has 0 spiro atoms. The molecule has 0 amide bonds. The molecule has 0 radical (unpaired) electrons. The zero-order chi connectivity index (χ0) is 17.8. The van der Waals surface area contributed by atoms with Gasteiger partial charge in [-0.1, -0.05) is 35.9 Å². The minimum atomic E-state index is -0.379. The normalized spacial score (nSPS) is 15.8. The van der Waals surface area contributed by atoms with Gasteiger partial charge >= 0.3 is 5.97 Å². The van der Waals surface area contributed by atoms with Gasteiger partial charge in [0.05, 0.1) is 6.04 Å². The number of hydrogen-bond donors (Lipinski definition) is 0. The first-order valence-electron chi connectivity index (χ1n) is 8.02. The van der Waals surface area contributed by atoms with Crippen molar-refractivity contribution in [1.29, 1.82) is 0 Å². The number of halogens is 1. The van der Waals surface area contributed by atoms with Crippen molar-refractivity contribution in [3.05, 3.63) is 63.5 Å². The van der Waals surface area contributed by atoms with E-state index in [9.17, 15) is 9.59 Å². The lowest BCUT2D eigenvalue weighted by atomic mass is 10.0. The molecule has 130 valence electrons. The zero-order valence-corrected chi connectivity index (χ0v) is 15.3. The molecule has 1 aromatic carbocycles. The van der Waals surface area contributed by atoms with Gasteiger partial charge in [-0.25, -0.2) is 4.79 Å². The number of allylic oxidation sites excluding steroid dienone is 1. The Morgan fingerprint density at radius 2 is 2.20 bits per heavy atom. The van der Waals surface area contributed by atoms with Crippen LogP contribution < -0.4 is 4.74 Å². The van der Waals surface area contributed by atoms with E-state index in [0.717, 1.165) is 30.4 Å². The Morgan fingerprint density at radius 3 is 2.92 bits per heavy atom. The molecule has 0 bridgehead atoms. The number of rotatable bonds is 5. The molecular weight excluding hydrogens is 358 g/mol. The number of benzene rings is 1. The fraction of sp³-hybridized carbons (Fsp3) is 0.263. The number of thiophene rings is 1. The molecule has 3 rings (SSSR count). The summed E-state index contributed by atoms with van der Waals surface area (Å²) in [5.74, 6) is -0.375. The molecule has 1 unspecified atom stereocenters. The maximum atomic E-state index is 11.7. The maximum Gasteiger partial charge on any atom is 0.336 e. The van der Waals surface area contributed by atoms with Crippen molar-refractivity contribution in [2.45, 2.75) is 25.9 Å². The van der Waals surface area contributed by atoms with Gasteiger partial charge in [0.25, 0.3) is 0 Å². The van der Waals surface area contributed by atoms with Crippen LogP contribution in [0.4, 0.5) is 0 Å². The number of hydrogen-bond acceptors (Lipinski definition) is 5. The van der Waals surface area contributed by atoms with Crippen molar-refractivity contribution < 1.29 is 14.3 Å². The third kappa shape index (κ3) is 4.00. The van der Waals surface area contributed by atoms with Crippen molar-refractivity contribution in [3.63, 3.8) is 0 Å². The predicted octanol–water partition coefficient (Wildman–Crippen LogP) is 4.18. The molecule has 1 aliphatic heterocycles. The van der Waals surface area contributed by atoms with E-state index in [0.29, 0.717) is 16.6 Å². The van der Waals surface area contributed by atoms with Crippen molar-refractivity contribution in [1.82, 2.24) is 4.90 Å². The molecule has 1 aromatic heterocycles. The number of fused-ring (bicyclic) bond motifs is 1. The molecule has 0 saturated carbocycles. The lowest BCUT2D eigenvalue weighted by Gasteiger charge is -2.31. The van der Waals surface area contributed by atoms with Crippen LogP contribution in [0.2, 0.25) is 5.02 Å². The van der Waals surface area contributed by atoms with Gasteiger partial charge in [0.1, 0.15) is 6.29 Å². The molecule has 1 aliphatic rings. The van der Waals surface area contributed by atoms with Gasteiger partial charge in [-0.15, -0.1) is 11.3 Å². The van der Waals surface area contributed by atoms with E-state index in [1.807, 2.05) is 24.3 Å². The molecule has 0 N–H and O–H groups in total. The highest BCUT2D eigenvalue weighted by atomic mass is 35.5. The Balaban J connectivity index is 1.78. The first-order valence-corrected chi connectivity index (χ1v) is 9.21. The fourth-order valence-electron chi connectivity index (χ4n) is 2.96. The van der Waals surface area contributed by atoms with Crippen molar-refractivity contribution in [2.24, 2.45) is 0 Å². The minimum absolute atomic E-state index is 0.375. The molecule has 6 heteroatoms. The number of nitrogens with zero attached hydrogens (tertiary/aromatic N) is 1. The van der Waals surface area contributed by atoms with Crippen molar-refractivity contribution in [3.8, 4) is 5.06 Å². The molecule has 0 fully saturated rings. The summed E-state index contributed by atoms with van der Waals surface area (Å²) >= 11 is 7.75. The highest BCUT2D eigenvalue weighted by Gasteiger charge is 2.27. The average Bonchev–Trinajstić information content (AvgIpc) is 2.99. The van der Waals surface area contributed by atoms with Gasteiger partial charge in [0, 0.05) is 29.1 Å². The van der Waals surface area contributed by atoms with Gasteiger partial charge in [-0.05, 0) is 36.6 Å². The number of esters is 1. The average molecular weight is 376 g/mol. The second-order valence-corrected chi connectivity index (χ2v) is 7.26. The van der Waals surface area contributed by atoms with Crippen LogP contribution in [-0.2, 0) is 22.6 Å². The number of ether oxygens (including phenoxy) is 1. The molecule has 1 atom stereocenters. The number of carbonyl (C=O) groups excluding carboxylic acids is 2. The van der Waals surface area contributed by atoms with Crippen LogP contribution in [0.15, 0.2) is 42.5 Å². The fourth-order valence-corrected chi connectivity index (χ4v) is 4.22. The summed E-state index contributed by atoms with van der Waals surface area (Å²) in [6.07, 6.45) is 4.79. The molecule has 0 saturated heterocycles. The third-order valence-corrected chi connectivity index (χ3v) is 5.58. The Labute approximate surface area is 155 Å². The second-order valence-electron chi connectivity index (χ2n) is 5.76. The smallest absolute Gasteiger partial charge is 0.336 e. The molecule has 2 heterocycles. The molecule has 0 aliphatic carbocycles. The number of carbonyl (C=O) groups is 2. The summed E-state index contributed by atoms with van der Waals surface area (Å²) in [7, 11) is 0. The SMILES string of the molecule is C/C=C/C(=O)Oc1cc2c(s1)CCN(C(C=O)c1ccccc1Cl)C2. The Bertz CT molecular complexity index is 815. The van der Waals surface area contributed by atoms with Crippen LogP contribution in [0, 0.1) is 0 Å². The molecule has 25 heavy (non-hydrogen) atoms. The van der Waals surface area contributed by atoms with E-state index < -0.39 is 0 Å². The molecule has 2 aromatic rings. The molecule has 4 nitrogen and oxygen atoms in total. The Hall–Kier alpha value is -1.95. The minimum Gasteiger partial charge on any atom is -0.412 e. The van der Waals surface area contributed by atoms with E-state index >= 15 is 0 Å². The van der Waals surface area contributed by atoms with Gasteiger partial charge in [-0.2, -0.15) is 0 Å². The van der Waals surface area contributed by atoms with Crippen molar-refractivity contribution in [2.75, 3.05) is 6.54 Å². The summed E-state index contributed by atoms with van der Waals surface area (Å²) in [6.45, 7) is 3.15. The van der Waals surface area contributed by atoms with E-state index in [1.165, 1.54) is 22.3 Å². The second kappa shape index (κ2) is 7.95. The largest absolute Gasteiger partial charge is 0.412 e. The Morgan fingerprint density at radius 1 is 1.40 bits per heavy atom. The topological polar surface area (TPSA) is 46.6 Å². The van der Waals surface area contributed by atoms with Crippen LogP contribution >= 0.6 is 22.9 Å². The summed E-state index contributed by atoms with van der Waals surface area (Å²) < 4.78 is 5.32. The van der Waals surface area contributed by atoms with Crippen molar-refractivity contribution >= 4 is 35.2 Å². The lowest BCUT2D eigenvalue weighted by molar-refractivity contribution is -0.128. The highest BCUT2D eigenvalue weighted by Crippen LogP contribution is 2.36. The monoisotopic (exact) mass is 375 g/mol. The third-order valence-electron chi connectivity index (χ3n) is 4.12. The van der Waals surface area contributed by atoms with Gasteiger partial charge in [-0.3, -0.25) is 4.90 Å². The summed E-state index contributed by atoms with van der Waals surface area (Å²) in [4.78, 5) is 26.6. The van der Waals surface area contributed by atoms with Gasteiger partial charge in [0.15, 0.2) is 5.06 Å². The van der Waals surface area contributed by atoms with Crippen LogP contribution in [0.1, 0.15) is 29.0 Å². The van der Waals surface area contributed by atoms with E-state index in [-0.39, 0.29) is 12.0 Å². The van der Waals surface area contributed by atoms with E-state index in [4.69, 9.17) is 16.3 Å². The first-order chi connectivity index (χ1) is 12.1.